The van der Waals surface area contributed by atoms with Crippen LogP contribution < -0.4 is 16.7 Å². The molecule has 0 atom stereocenters. The fraction of sp³-hybridized carbons (Fsp3) is 0.200. The lowest BCUT2D eigenvalue weighted by Crippen LogP contribution is -2.07. The SMILES string of the molecule is CCCCOC(=O)c1ccc(Nc2c(N)oc(=O)c3ccccc23)cc1. The molecular weight excluding hydrogens is 332 g/mol. The van der Waals surface area contributed by atoms with Gasteiger partial charge in [0.25, 0.3) is 0 Å². The van der Waals surface area contributed by atoms with Gasteiger partial charge in [-0.2, -0.15) is 0 Å². The number of fused-ring (bicyclic) bond motifs is 1. The second-order valence-corrected chi connectivity index (χ2v) is 5.87. The molecule has 1 aromatic heterocycles. The van der Waals surface area contributed by atoms with E-state index in [9.17, 15) is 9.59 Å². The molecule has 6 heteroatoms. The number of carbonyl (C=O) groups is 1. The highest BCUT2D eigenvalue weighted by molar-refractivity contribution is 5.98. The Morgan fingerprint density at radius 2 is 1.81 bits per heavy atom. The molecule has 3 rings (SSSR count). The minimum absolute atomic E-state index is 0.0109. The maximum atomic E-state index is 11.9. The molecule has 2 aromatic carbocycles. The number of hydrogen-bond donors (Lipinski definition) is 2. The van der Waals surface area contributed by atoms with Crippen LogP contribution in [0.15, 0.2) is 57.7 Å². The van der Waals surface area contributed by atoms with Crippen LogP contribution in [0, 0.1) is 0 Å². The molecule has 1 heterocycles. The molecule has 0 radical (unpaired) electrons. The number of anilines is 3. The maximum absolute atomic E-state index is 11.9. The fourth-order valence-electron chi connectivity index (χ4n) is 2.57. The van der Waals surface area contributed by atoms with Crippen LogP contribution in [0.3, 0.4) is 0 Å². The Morgan fingerprint density at radius 3 is 2.50 bits per heavy atom. The summed E-state index contributed by atoms with van der Waals surface area (Å²) in [5.74, 6) is -0.336. The second-order valence-electron chi connectivity index (χ2n) is 5.87. The molecule has 0 saturated heterocycles. The van der Waals surface area contributed by atoms with Gasteiger partial charge in [-0.25, -0.2) is 9.59 Å². The molecule has 0 aliphatic carbocycles. The van der Waals surface area contributed by atoms with Crippen LogP contribution in [0.4, 0.5) is 17.3 Å². The zero-order valence-electron chi connectivity index (χ0n) is 14.5. The molecule has 0 aliphatic rings. The normalized spacial score (nSPS) is 10.7. The predicted octanol–water partition coefficient (Wildman–Crippen LogP) is 4.08. The molecule has 0 aliphatic heterocycles. The molecule has 3 aromatic rings. The van der Waals surface area contributed by atoms with E-state index in [0.717, 1.165) is 12.8 Å². The van der Waals surface area contributed by atoms with E-state index < -0.39 is 5.63 Å². The van der Waals surface area contributed by atoms with Crippen LogP contribution >= 0.6 is 0 Å². The number of rotatable bonds is 6. The summed E-state index contributed by atoms with van der Waals surface area (Å²) in [7, 11) is 0. The van der Waals surface area contributed by atoms with Gasteiger partial charge in [0.1, 0.15) is 5.69 Å². The first kappa shape index (κ1) is 17.5. The Kier molecular flexibility index (Phi) is 5.22. The molecular formula is C20H20N2O4. The third-order valence-electron chi connectivity index (χ3n) is 3.99. The molecule has 134 valence electrons. The van der Waals surface area contributed by atoms with Crippen molar-refractivity contribution in [2.75, 3.05) is 17.7 Å². The standard InChI is InChI=1S/C20H20N2O4/c1-2-3-12-25-19(23)13-8-10-14(11-9-13)22-17-15-6-4-5-7-16(15)20(24)26-18(17)21/h4-11,22H,2-3,12,21H2,1H3. The van der Waals surface area contributed by atoms with Crippen molar-refractivity contribution >= 4 is 34.0 Å². The predicted molar refractivity (Wildman–Crippen MR) is 102 cm³/mol. The number of nitrogens with one attached hydrogen (secondary N) is 1. The largest absolute Gasteiger partial charge is 0.462 e. The first-order chi connectivity index (χ1) is 12.6. The van der Waals surface area contributed by atoms with Crippen LogP contribution in [0.2, 0.25) is 0 Å². The van der Waals surface area contributed by atoms with E-state index in [1.54, 1.807) is 42.5 Å². The summed E-state index contributed by atoms with van der Waals surface area (Å²) in [5.41, 5.74) is 7.10. The molecule has 0 bridgehead atoms. The van der Waals surface area contributed by atoms with Crippen molar-refractivity contribution in [2.45, 2.75) is 19.8 Å². The summed E-state index contributed by atoms with van der Waals surface area (Å²) in [5, 5.41) is 4.27. The van der Waals surface area contributed by atoms with Gasteiger partial charge in [0, 0.05) is 11.1 Å². The van der Waals surface area contributed by atoms with E-state index in [1.165, 1.54) is 0 Å². The van der Waals surface area contributed by atoms with Crippen molar-refractivity contribution in [1.29, 1.82) is 0 Å². The van der Waals surface area contributed by atoms with Gasteiger partial charge in [0.15, 0.2) is 0 Å². The smallest absolute Gasteiger partial charge is 0.345 e. The Hall–Kier alpha value is -3.28. The van der Waals surface area contributed by atoms with Gasteiger partial charge in [-0.1, -0.05) is 31.5 Å². The van der Waals surface area contributed by atoms with E-state index in [4.69, 9.17) is 14.9 Å². The number of carbonyl (C=O) groups excluding carboxylic acids is 1. The van der Waals surface area contributed by atoms with E-state index in [1.807, 2.05) is 13.0 Å². The monoisotopic (exact) mass is 352 g/mol. The van der Waals surface area contributed by atoms with Gasteiger partial charge in [-0.3, -0.25) is 0 Å². The minimum Gasteiger partial charge on any atom is -0.462 e. The lowest BCUT2D eigenvalue weighted by molar-refractivity contribution is 0.0500. The zero-order valence-corrected chi connectivity index (χ0v) is 14.5. The molecule has 0 amide bonds. The van der Waals surface area contributed by atoms with Gasteiger partial charge in [-0.05, 0) is 36.8 Å². The Balaban J connectivity index is 1.83. The van der Waals surface area contributed by atoms with Crippen LogP contribution in [-0.2, 0) is 4.74 Å². The second kappa shape index (κ2) is 7.74. The summed E-state index contributed by atoms with van der Waals surface area (Å²) in [6.07, 6.45) is 1.82. The van der Waals surface area contributed by atoms with Crippen LogP contribution in [0.25, 0.3) is 10.8 Å². The van der Waals surface area contributed by atoms with Gasteiger partial charge in [-0.15, -0.1) is 0 Å². The summed E-state index contributed by atoms with van der Waals surface area (Å²) in [6.45, 7) is 2.45. The highest BCUT2D eigenvalue weighted by Gasteiger charge is 2.12. The number of benzene rings is 2. The van der Waals surface area contributed by atoms with Crippen LogP contribution in [-0.4, -0.2) is 12.6 Å². The maximum Gasteiger partial charge on any atom is 0.345 e. The van der Waals surface area contributed by atoms with Crippen molar-refractivity contribution < 1.29 is 13.9 Å². The first-order valence-electron chi connectivity index (χ1n) is 8.45. The molecule has 0 fully saturated rings. The Morgan fingerprint density at radius 1 is 1.12 bits per heavy atom. The van der Waals surface area contributed by atoms with Crippen molar-refractivity contribution in [3.05, 3.63) is 64.5 Å². The third kappa shape index (κ3) is 3.69. The number of nitrogens with two attached hydrogens (primary N) is 1. The van der Waals surface area contributed by atoms with Gasteiger partial charge in [0.05, 0.1) is 17.6 Å². The van der Waals surface area contributed by atoms with Gasteiger partial charge >= 0.3 is 11.6 Å². The fourth-order valence-corrected chi connectivity index (χ4v) is 2.57. The van der Waals surface area contributed by atoms with Crippen molar-refractivity contribution in [3.8, 4) is 0 Å². The number of unbranched alkanes of at least 4 members (excludes halogenated alkanes) is 1. The molecule has 0 unspecified atom stereocenters. The quantitative estimate of drug-likeness (QED) is 0.513. The van der Waals surface area contributed by atoms with E-state index in [0.29, 0.717) is 34.3 Å². The third-order valence-corrected chi connectivity index (χ3v) is 3.99. The van der Waals surface area contributed by atoms with Crippen molar-refractivity contribution in [2.24, 2.45) is 0 Å². The number of ether oxygens (including phenoxy) is 1. The van der Waals surface area contributed by atoms with Crippen molar-refractivity contribution in [1.82, 2.24) is 0 Å². The highest BCUT2D eigenvalue weighted by atomic mass is 16.5. The van der Waals surface area contributed by atoms with Gasteiger partial charge < -0.3 is 20.2 Å². The number of esters is 1. The van der Waals surface area contributed by atoms with E-state index in [-0.39, 0.29) is 11.9 Å². The molecule has 3 N–H and O–H groups in total. The van der Waals surface area contributed by atoms with Crippen LogP contribution in [0.5, 0.6) is 0 Å². The van der Waals surface area contributed by atoms with E-state index >= 15 is 0 Å². The Bertz CT molecular complexity index is 977. The lowest BCUT2D eigenvalue weighted by Gasteiger charge is -2.11. The average molecular weight is 352 g/mol. The molecule has 6 nitrogen and oxygen atoms in total. The summed E-state index contributed by atoms with van der Waals surface area (Å²) in [4.78, 5) is 23.8. The highest BCUT2D eigenvalue weighted by Crippen LogP contribution is 2.30. The molecule has 0 saturated carbocycles. The van der Waals surface area contributed by atoms with Gasteiger partial charge in [0.2, 0.25) is 5.88 Å². The minimum atomic E-state index is -0.478. The lowest BCUT2D eigenvalue weighted by atomic mass is 10.1. The Labute approximate surface area is 150 Å². The molecule has 0 spiro atoms. The number of hydrogen-bond acceptors (Lipinski definition) is 6. The zero-order chi connectivity index (χ0) is 18.5. The molecule has 26 heavy (non-hydrogen) atoms. The first-order valence-corrected chi connectivity index (χ1v) is 8.45. The van der Waals surface area contributed by atoms with E-state index in [2.05, 4.69) is 5.32 Å². The summed E-state index contributed by atoms with van der Waals surface area (Å²) in [6, 6.07) is 13.9. The topological polar surface area (TPSA) is 94.6 Å². The van der Waals surface area contributed by atoms with Crippen LogP contribution in [0.1, 0.15) is 30.1 Å². The summed E-state index contributed by atoms with van der Waals surface area (Å²) >= 11 is 0. The summed E-state index contributed by atoms with van der Waals surface area (Å²) < 4.78 is 10.3. The number of nitrogen functional groups attached to an aromatic ring is 1. The average Bonchev–Trinajstić information content (AvgIpc) is 2.66. The van der Waals surface area contributed by atoms with Crippen molar-refractivity contribution in [3.63, 3.8) is 0 Å².